The van der Waals surface area contributed by atoms with E-state index in [1.165, 1.54) is 42.4 Å². The van der Waals surface area contributed by atoms with Crippen LogP contribution in [0.1, 0.15) is 42.5 Å². The molecular weight excluding hydrogens is 286 g/mol. The lowest BCUT2D eigenvalue weighted by Crippen LogP contribution is -2.48. The molecule has 1 atom stereocenters. The monoisotopic (exact) mass is 315 g/mol. The van der Waals surface area contributed by atoms with E-state index < -0.39 is 0 Å². The van der Waals surface area contributed by atoms with Crippen LogP contribution < -0.4 is 5.32 Å². The van der Waals surface area contributed by atoms with Crippen molar-refractivity contribution in [3.05, 3.63) is 34.9 Å². The molecule has 0 unspecified atom stereocenters. The maximum atomic E-state index is 12.3. The molecule has 1 heterocycles. The Morgan fingerprint density at radius 3 is 2.57 bits per heavy atom. The lowest BCUT2D eigenvalue weighted by Gasteiger charge is -2.32. The van der Waals surface area contributed by atoms with E-state index in [1.807, 2.05) is 0 Å². The van der Waals surface area contributed by atoms with Gasteiger partial charge in [0.1, 0.15) is 0 Å². The van der Waals surface area contributed by atoms with Crippen LogP contribution in [0.2, 0.25) is 0 Å². The molecule has 0 aromatic heterocycles. The molecule has 0 bridgehead atoms. The van der Waals surface area contributed by atoms with Gasteiger partial charge < -0.3 is 10.2 Å². The number of piperazine rings is 1. The molecule has 1 N–H and O–H groups in total. The summed E-state index contributed by atoms with van der Waals surface area (Å²) in [7, 11) is 2.13. The van der Waals surface area contributed by atoms with E-state index in [2.05, 4.69) is 47.3 Å². The summed E-state index contributed by atoms with van der Waals surface area (Å²) < 4.78 is 0. The van der Waals surface area contributed by atoms with E-state index in [1.54, 1.807) is 0 Å². The first-order valence-corrected chi connectivity index (χ1v) is 8.94. The smallest absolute Gasteiger partial charge is 0.234 e. The summed E-state index contributed by atoms with van der Waals surface area (Å²) in [5.41, 5.74) is 4.21. The van der Waals surface area contributed by atoms with Crippen molar-refractivity contribution in [2.75, 3.05) is 39.8 Å². The number of hydrogen-bond donors (Lipinski definition) is 1. The van der Waals surface area contributed by atoms with E-state index >= 15 is 0 Å². The van der Waals surface area contributed by atoms with Gasteiger partial charge >= 0.3 is 0 Å². The van der Waals surface area contributed by atoms with Gasteiger partial charge in [-0.25, -0.2) is 0 Å². The summed E-state index contributed by atoms with van der Waals surface area (Å²) in [5.74, 6) is 0.139. The van der Waals surface area contributed by atoms with Crippen LogP contribution in [-0.4, -0.2) is 55.5 Å². The SMILES string of the molecule is C[C@H](NC(=O)CN1CCN(C)CC1)c1ccc2c(c1)CCCC2. The zero-order valence-electron chi connectivity index (χ0n) is 14.5. The highest BCUT2D eigenvalue weighted by Gasteiger charge is 2.18. The number of nitrogens with one attached hydrogen (secondary N) is 1. The lowest BCUT2D eigenvalue weighted by molar-refractivity contribution is -0.123. The molecule has 1 fully saturated rings. The molecular formula is C19H29N3O. The lowest BCUT2D eigenvalue weighted by atomic mass is 9.89. The Morgan fingerprint density at radius 2 is 1.83 bits per heavy atom. The van der Waals surface area contributed by atoms with Crippen molar-refractivity contribution in [2.24, 2.45) is 0 Å². The van der Waals surface area contributed by atoms with Crippen LogP contribution in [0.25, 0.3) is 0 Å². The predicted octanol–water partition coefficient (Wildman–Crippen LogP) is 1.99. The van der Waals surface area contributed by atoms with Crippen molar-refractivity contribution in [3.63, 3.8) is 0 Å². The minimum absolute atomic E-state index is 0.0854. The Balaban J connectivity index is 1.54. The van der Waals surface area contributed by atoms with Crippen LogP contribution >= 0.6 is 0 Å². The standard InChI is InChI=1S/C19H29N3O/c1-15(17-8-7-16-5-3-4-6-18(16)13-17)20-19(23)14-22-11-9-21(2)10-12-22/h7-8,13,15H,3-6,9-12,14H2,1-2H3,(H,20,23)/t15-/m0/s1. The molecule has 4 nitrogen and oxygen atoms in total. The Hall–Kier alpha value is -1.39. The third-order valence-corrected chi connectivity index (χ3v) is 5.21. The van der Waals surface area contributed by atoms with Crippen molar-refractivity contribution in [2.45, 2.75) is 38.6 Å². The largest absolute Gasteiger partial charge is 0.348 e. The van der Waals surface area contributed by atoms with Crippen molar-refractivity contribution in [1.82, 2.24) is 15.1 Å². The highest BCUT2D eigenvalue weighted by Crippen LogP contribution is 2.24. The van der Waals surface area contributed by atoms with Crippen LogP contribution in [0.3, 0.4) is 0 Å². The second-order valence-corrected chi connectivity index (χ2v) is 7.10. The number of rotatable bonds is 4. The van der Waals surface area contributed by atoms with Gasteiger partial charge in [0.05, 0.1) is 12.6 Å². The second-order valence-electron chi connectivity index (χ2n) is 7.10. The first-order chi connectivity index (χ1) is 11.1. The molecule has 1 aromatic rings. The molecule has 3 rings (SSSR count). The van der Waals surface area contributed by atoms with Gasteiger partial charge in [0.15, 0.2) is 0 Å². The number of amides is 1. The van der Waals surface area contributed by atoms with Crippen molar-refractivity contribution in [3.8, 4) is 0 Å². The van der Waals surface area contributed by atoms with E-state index in [0.29, 0.717) is 6.54 Å². The Kier molecular flexibility index (Phi) is 5.34. The zero-order valence-corrected chi connectivity index (χ0v) is 14.5. The minimum Gasteiger partial charge on any atom is -0.348 e. The molecule has 4 heteroatoms. The number of hydrogen-bond acceptors (Lipinski definition) is 3. The van der Waals surface area contributed by atoms with Crippen molar-refractivity contribution in [1.29, 1.82) is 0 Å². The normalized spacial score (nSPS) is 20.8. The maximum absolute atomic E-state index is 12.3. The van der Waals surface area contributed by atoms with Gasteiger partial charge in [0.25, 0.3) is 0 Å². The topological polar surface area (TPSA) is 35.6 Å². The first-order valence-electron chi connectivity index (χ1n) is 8.94. The number of likely N-dealkylation sites (N-methyl/N-ethyl adjacent to an activating group) is 1. The van der Waals surface area contributed by atoms with Crippen LogP contribution in [0, 0.1) is 0 Å². The number of benzene rings is 1. The average Bonchev–Trinajstić information content (AvgIpc) is 2.56. The second kappa shape index (κ2) is 7.45. The van der Waals surface area contributed by atoms with Gasteiger partial charge in [-0.05, 0) is 56.3 Å². The van der Waals surface area contributed by atoms with Gasteiger partial charge in [0, 0.05) is 26.2 Å². The van der Waals surface area contributed by atoms with E-state index in [-0.39, 0.29) is 11.9 Å². The molecule has 23 heavy (non-hydrogen) atoms. The first kappa shape index (κ1) is 16.5. The predicted molar refractivity (Wildman–Crippen MR) is 93.6 cm³/mol. The summed E-state index contributed by atoms with van der Waals surface area (Å²) in [5, 5.41) is 3.17. The van der Waals surface area contributed by atoms with Crippen LogP contribution in [0.4, 0.5) is 0 Å². The molecule has 1 aliphatic carbocycles. The van der Waals surface area contributed by atoms with E-state index in [4.69, 9.17) is 0 Å². The Labute approximate surface area is 139 Å². The highest BCUT2D eigenvalue weighted by atomic mass is 16.2. The van der Waals surface area contributed by atoms with Gasteiger partial charge in [-0.3, -0.25) is 9.69 Å². The molecule has 0 spiro atoms. The number of fused-ring (bicyclic) bond motifs is 1. The van der Waals surface area contributed by atoms with Gasteiger partial charge in [-0.2, -0.15) is 0 Å². The third kappa shape index (κ3) is 4.33. The van der Waals surface area contributed by atoms with Gasteiger partial charge in [-0.15, -0.1) is 0 Å². The molecule has 2 aliphatic rings. The molecule has 1 saturated heterocycles. The fraction of sp³-hybridized carbons (Fsp3) is 0.632. The molecule has 1 aromatic carbocycles. The number of aryl methyl sites for hydroxylation is 2. The summed E-state index contributed by atoms with van der Waals surface area (Å²) in [6.07, 6.45) is 5.00. The Bertz CT molecular complexity index is 550. The number of carbonyl (C=O) groups excluding carboxylic acids is 1. The van der Waals surface area contributed by atoms with Crippen molar-refractivity contribution >= 4 is 5.91 Å². The molecule has 1 amide bonds. The van der Waals surface area contributed by atoms with Crippen LogP contribution in [-0.2, 0) is 17.6 Å². The molecule has 0 saturated carbocycles. The average molecular weight is 315 g/mol. The number of carbonyl (C=O) groups is 1. The Morgan fingerprint density at radius 1 is 1.13 bits per heavy atom. The fourth-order valence-electron chi connectivity index (χ4n) is 3.60. The molecule has 0 radical (unpaired) electrons. The summed E-state index contributed by atoms with van der Waals surface area (Å²) >= 11 is 0. The summed E-state index contributed by atoms with van der Waals surface area (Å²) in [6.45, 7) is 6.67. The zero-order chi connectivity index (χ0) is 16.2. The molecule has 126 valence electrons. The van der Waals surface area contributed by atoms with E-state index in [0.717, 1.165) is 26.2 Å². The van der Waals surface area contributed by atoms with Crippen molar-refractivity contribution < 1.29 is 4.79 Å². The van der Waals surface area contributed by atoms with E-state index in [9.17, 15) is 4.79 Å². The fourth-order valence-corrected chi connectivity index (χ4v) is 3.60. The summed E-state index contributed by atoms with van der Waals surface area (Å²) in [6, 6.07) is 6.83. The minimum atomic E-state index is 0.0854. The van der Waals surface area contributed by atoms with Gasteiger partial charge in [-0.1, -0.05) is 18.2 Å². The molecule has 1 aliphatic heterocycles. The highest BCUT2D eigenvalue weighted by molar-refractivity contribution is 5.78. The van der Waals surface area contributed by atoms with Gasteiger partial charge in [0.2, 0.25) is 5.91 Å². The van der Waals surface area contributed by atoms with Crippen LogP contribution in [0.15, 0.2) is 18.2 Å². The quantitative estimate of drug-likeness (QED) is 0.923. The maximum Gasteiger partial charge on any atom is 0.234 e. The summed E-state index contributed by atoms with van der Waals surface area (Å²) in [4.78, 5) is 16.9. The number of nitrogens with zero attached hydrogens (tertiary/aromatic N) is 2. The third-order valence-electron chi connectivity index (χ3n) is 5.21. The van der Waals surface area contributed by atoms with Crippen LogP contribution in [0.5, 0.6) is 0 Å².